The van der Waals surface area contributed by atoms with Crippen LogP contribution in [-0.4, -0.2) is 22.1 Å². The van der Waals surface area contributed by atoms with Crippen molar-refractivity contribution in [3.8, 4) is 5.88 Å². The first-order chi connectivity index (χ1) is 8.47. The molecule has 4 nitrogen and oxygen atoms in total. The van der Waals surface area contributed by atoms with Crippen molar-refractivity contribution in [2.75, 3.05) is 0 Å². The number of aromatic nitrogens is 2. The van der Waals surface area contributed by atoms with Crippen LogP contribution in [0.2, 0.25) is 0 Å². The first-order valence-corrected chi connectivity index (χ1v) is 6.68. The van der Waals surface area contributed by atoms with Crippen molar-refractivity contribution in [2.24, 2.45) is 5.92 Å². The maximum absolute atomic E-state index is 5.77. The Kier molecular flexibility index (Phi) is 6.05. The van der Waals surface area contributed by atoms with Crippen LogP contribution in [0.1, 0.15) is 46.7 Å². The highest BCUT2D eigenvalue weighted by atomic mass is 16.5. The van der Waals surface area contributed by atoms with Crippen LogP contribution >= 0.6 is 0 Å². The molecule has 0 radical (unpaired) electrons. The summed E-state index contributed by atoms with van der Waals surface area (Å²) in [7, 11) is 0. The van der Waals surface area contributed by atoms with Crippen LogP contribution < -0.4 is 10.1 Å². The molecule has 1 aromatic rings. The summed E-state index contributed by atoms with van der Waals surface area (Å²) in [6, 6.07) is 0.441. The van der Waals surface area contributed by atoms with Crippen molar-refractivity contribution in [1.29, 1.82) is 0 Å². The zero-order chi connectivity index (χ0) is 13.5. The molecule has 4 heteroatoms. The molecule has 0 amide bonds. The maximum atomic E-state index is 5.77. The van der Waals surface area contributed by atoms with E-state index >= 15 is 0 Å². The van der Waals surface area contributed by atoms with Crippen LogP contribution in [0.25, 0.3) is 0 Å². The average molecular weight is 251 g/mol. The summed E-state index contributed by atoms with van der Waals surface area (Å²) in [5.41, 5.74) is 0.915. The Morgan fingerprint density at radius 1 is 1.17 bits per heavy atom. The fraction of sp³-hybridized carbons (Fsp3) is 0.714. The van der Waals surface area contributed by atoms with E-state index < -0.39 is 0 Å². The smallest absolute Gasteiger partial charge is 0.232 e. The van der Waals surface area contributed by atoms with E-state index in [0.717, 1.165) is 18.7 Å². The summed E-state index contributed by atoms with van der Waals surface area (Å²) in [5.74, 6) is 1.24. The van der Waals surface area contributed by atoms with Crippen molar-refractivity contribution in [1.82, 2.24) is 15.3 Å². The molecule has 1 N–H and O–H groups in total. The minimum Gasteiger partial charge on any atom is -0.474 e. The first kappa shape index (κ1) is 14.9. The van der Waals surface area contributed by atoms with E-state index in [0.29, 0.717) is 17.8 Å². The lowest BCUT2D eigenvalue weighted by Crippen LogP contribution is -2.23. The number of ether oxygens (including phenoxy) is 1. The second-order valence-electron chi connectivity index (χ2n) is 5.44. The van der Waals surface area contributed by atoms with Gasteiger partial charge in [-0.15, -0.1) is 0 Å². The summed E-state index contributed by atoms with van der Waals surface area (Å²) in [6.07, 6.45) is 4.65. The van der Waals surface area contributed by atoms with Gasteiger partial charge in [0.05, 0.1) is 18.0 Å². The number of rotatable bonds is 7. The van der Waals surface area contributed by atoms with E-state index in [-0.39, 0.29) is 6.10 Å². The highest BCUT2D eigenvalue weighted by Crippen LogP contribution is 2.12. The first-order valence-electron chi connectivity index (χ1n) is 6.68. The minimum absolute atomic E-state index is 0.174. The Bertz CT molecular complexity index is 353. The highest BCUT2D eigenvalue weighted by molar-refractivity contribution is 5.08. The van der Waals surface area contributed by atoms with Gasteiger partial charge in [0.15, 0.2) is 0 Å². The van der Waals surface area contributed by atoms with E-state index in [1.54, 1.807) is 12.4 Å². The second kappa shape index (κ2) is 7.31. The van der Waals surface area contributed by atoms with Crippen LogP contribution in [0.15, 0.2) is 12.4 Å². The zero-order valence-corrected chi connectivity index (χ0v) is 12.1. The van der Waals surface area contributed by atoms with Gasteiger partial charge in [-0.1, -0.05) is 27.7 Å². The maximum Gasteiger partial charge on any atom is 0.232 e. The highest BCUT2D eigenvalue weighted by Gasteiger charge is 2.08. The van der Waals surface area contributed by atoms with Crippen LogP contribution in [0.4, 0.5) is 0 Å². The molecular formula is C14H25N3O. The minimum atomic E-state index is 0.174. The SMILES string of the molecule is CC(C)CC(C)Oc1cncc(CNC(C)C)n1. The number of nitrogens with zero attached hydrogens (tertiary/aromatic N) is 2. The molecule has 1 heterocycles. The molecule has 1 rings (SSSR count). The molecular weight excluding hydrogens is 226 g/mol. The van der Waals surface area contributed by atoms with E-state index in [1.807, 2.05) is 0 Å². The van der Waals surface area contributed by atoms with Crippen molar-refractivity contribution < 1.29 is 4.74 Å². The molecule has 102 valence electrons. The lowest BCUT2D eigenvalue weighted by molar-refractivity contribution is 0.184. The lowest BCUT2D eigenvalue weighted by Gasteiger charge is -2.16. The quantitative estimate of drug-likeness (QED) is 0.809. The standard InChI is InChI=1S/C14H25N3O/c1-10(2)6-12(5)18-14-9-15-7-13(17-14)8-16-11(3)4/h7,9-12,16H,6,8H2,1-5H3. The average Bonchev–Trinajstić information content (AvgIpc) is 2.25. The lowest BCUT2D eigenvalue weighted by atomic mass is 10.1. The van der Waals surface area contributed by atoms with Gasteiger partial charge < -0.3 is 10.1 Å². The van der Waals surface area contributed by atoms with Gasteiger partial charge >= 0.3 is 0 Å². The Morgan fingerprint density at radius 3 is 2.50 bits per heavy atom. The van der Waals surface area contributed by atoms with E-state index in [9.17, 15) is 0 Å². The van der Waals surface area contributed by atoms with E-state index in [1.165, 1.54) is 0 Å². The third-order valence-corrected chi connectivity index (χ3v) is 2.48. The Hall–Kier alpha value is -1.16. The number of nitrogens with one attached hydrogen (secondary N) is 1. The topological polar surface area (TPSA) is 47.0 Å². The van der Waals surface area contributed by atoms with Crippen molar-refractivity contribution in [2.45, 2.75) is 59.7 Å². The fourth-order valence-electron chi connectivity index (χ4n) is 1.76. The Morgan fingerprint density at radius 2 is 1.89 bits per heavy atom. The van der Waals surface area contributed by atoms with Crippen molar-refractivity contribution in [3.05, 3.63) is 18.1 Å². The zero-order valence-electron chi connectivity index (χ0n) is 12.1. The molecule has 18 heavy (non-hydrogen) atoms. The van der Waals surface area contributed by atoms with Gasteiger partial charge in [-0.3, -0.25) is 4.98 Å². The Labute approximate surface area is 110 Å². The second-order valence-corrected chi connectivity index (χ2v) is 5.44. The molecule has 0 aliphatic heterocycles. The molecule has 1 atom stereocenters. The van der Waals surface area contributed by atoms with E-state index in [2.05, 4.69) is 49.9 Å². The van der Waals surface area contributed by atoms with Gasteiger partial charge in [0.1, 0.15) is 0 Å². The molecule has 0 saturated carbocycles. The van der Waals surface area contributed by atoms with Gasteiger partial charge in [-0.25, -0.2) is 4.98 Å². The summed E-state index contributed by atoms with van der Waals surface area (Å²) in [6.45, 7) is 11.4. The summed E-state index contributed by atoms with van der Waals surface area (Å²) in [5, 5.41) is 3.32. The van der Waals surface area contributed by atoms with Crippen LogP contribution in [0.5, 0.6) is 5.88 Å². The molecule has 0 saturated heterocycles. The van der Waals surface area contributed by atoms with Gasteiger partial charge in [-0.05, 0) is 19.3 Å². The Balaban J connectivity index is 2.53. The number of hydrogen-bond donors (Lipinski definition) is 1. The molecule has 0 aliphatic carbocycles. The summed E-state index contributed by atoms with van der Waals surface area (Å²) < 4.78 is 5.77. The summed E-state index contributed by atoms with van der Waals surface area (Å²) >= 11 is 0. The van der Waals surface area contributed by atoms with Crippen LogP contribution in [0.3, 0.4) is 0 Å². The predicted molar refractivity (Wildman–Crippen MR) is 73.6 cm³/mol. The van der Waals surface area contributed by atoms with Gasteiger partial charge in [0.2, 0.25) is 5.88 Å². The predicted octanol–water partition coefficient (Wildman–Crippen LogP) is 2.79. The monoisotopic (exact) mass is 251 g/mol. The molecule has 0 aliphatic rings. The van der Waals surface area contributed by atoms with Crippen molar-refractivity contribution in [3.63, 3.8) is 0 Å². The van der Waals surface area contributed by atoms with E-state index in [4.69, 9.17) is 4.74 Å². The van der Waals surface area contributed by atoms with Crippen LogP contribution in [0, 0.1) is 5.92 Å². The summed E-state index contributed by atoms with van der Waals surface area (Å²) in [4.78, 5) is 8.61. The molecule has 0 aromatic carbocycles. The van der Waals surface area contributed by atoms with Crippen molar-refractivity contribution >= 4 is 0 Å². The molecule has 1 aromatic heterocycles. The third-order valence-electron chi connectivity index (χ3n) is 2.48. The van der Waals surface area contributed by atoms with Crippen LogP contribution in [-0.2, 0) is 6.54 Å². The van der Waals surface area contributed by atoms with Gasteiger partial charge in [0, 0.05) is 18.8 Å². The molecule has 0 spiro atoms. The van der Waals surface area contributed by atoms with Gasteiger partial charge in [-0.2, -0.15) is 0 Å². The largest absolute Gasteiger partial charge is 0.474 e. The fourth-order valence-corrected chi connectivity index (χ4v) is 1.76. The molecule has 0 fully saturated rings. The van der Waals surface area contributed by atoms with Gasteiger partial charge in [0.25, 0.3) is 0 Å². The molecule has 1 unspecified atom stereocenters. The number of hydrogen-bond acceptors (Lipinski definition) is 4. The normalized spacial score (nSPS) is 13.1. The molecule has 0 bridgehead atoms. The third kappa shape index (κ3) is 5.96.